The van der Waals surface area contributed by atoms with Crippen LogP contribution in [0.5, 0.6) is 0 Å². The van der Waals surface area contributed by atoms with E-state index in [4.69, 9.17) is 0 Å². The molecule has 0 unspecified atom stereocenters. The maximum absolute atomic E-state index is 13.0. The molecular weight excluding hydrogens is 384 g/mol. The maximum atomic E-state index is 13.0. The third-order valence-corrected chi connectivity index (χ3v) is 6.19. The first-order chi connectivity index (χ1) is 13.6. The van der Waals surface area contributed by atoms with Crippen LogP contribution in [0.4, 0.5) is 16.4 Å². The molecule has 0 atom stereocenters. The van der Waals surface area contributed by atoms with Crippen molar-refractivity contribution < 1.29 is 9.59 Å². The molecule has 29 heavy (non-hydrogen) atoms. The standard InChI is InChI=1S/C22H30N4O2S/c1-15-14-18(24-21(28)22(2,3)4)29-19(15)20(27)23-16-8-6-7-9-17(16)26-12-10-25(5)11-13-26/h6-9,14H,10-13H2,1-5H3,(H,23,27)(H,24,28). The summed E-state index contributed by atoms with van der Waals surface area (Å²) in [4.78, 5) is 30.5. The topological polar surface area (TPSA) is 64.7 Å². The molecule has 1 aliphatic heterocycles. The molecular formula is C22H30N4O2S. The van der Waals surface area contributed by atoms with Crippen molar-refractivity contribution in [1.29, 1.82) is 0 Å². The van der Waals surface area contributed by atoms with E-state index in [9.17, 15) is 9.59 Å². The number of nitrogens with zero attached hydrogens (tertiary/aromatic N) is 2. The second-order valence-electron chi connectivity index (χ2n) is 8.59. The lowest BCUT2D eigenvalue weighted by Gasteiger charge is -2.35. The van der Waals surface area contributed by atoms with Crippen molar-refractivity contribution in [3.63, 3.8) is 0 Å². The van der Waals surface area contributed by atoms with Crippen LogP contribution >= 0.6 is 11.3 Å². The van der Waals surface area contributed by atoms with Crippen LogP contribution in [0.1, 0.15) is 36.0 Å². The van der Waals surface area contributed by atoms with Crippen molar-refractivity contribution in [2.75, 3.05) is 48.8 Å². The number of rotatable bonds is 4. The van der Waals surface area contributed by atoms with E-state index < -0.39 is 5.41 Å². The zero-order chi connectivity index (χ0) is 21.2. The summed E-state index contributed by atoms with van der Waals surface area (Å²) in [6.07, 6.45) is 0. The number of hydrogen-bond donors (Lipinski definition) is 2. The van der Waals surface area contributed by atoms with Gasteiger partial charge in [-0.2, -0.15) is 0 Å². The Morgan fingerprint density at radius 2 is 1.69 bits per heavy atom. The molecule has 1 aliphatic rings. The number of anilines is 3. The Kier molecular flexibility index (Phi) is 6.29. The van der Waals surface area contributed by atoms with Crippen LogP contribution in [0.2, 0.25) is 0 Å². The van der Waals surface area contributed by atoms with E-state index in [0.29, 0.717) is 9.88 Å². The lowest BCUT2D eigenvalue weighted by atomic mass is 9.96. The van der Waals surface area contributed by atoms with E-state index in [0.717, 1.165) is 43.1 Å². The van der Waals surface area contributed by atoms with Crippen LogP contribution in [0.3, 0.4) is 0 Å². The van der Waals surface area contributed by atoms with E-state index in [-0.39, 0.29) is 11.8 Å². The maximum Gasteiger partial charge on any atom is 0.266 e. The summed E-state index contributed by atoms with van der Waals surface area (Å²) in [5.41, 5.74) is 2.23. The molecule has 2 amide bonds. The van der Waals surface area contributed by atoms with Gasteiger partial charge >= 0.3 is 0 Å². The predicted octanol–water partition coefficient (Wildman–Crippen LogP) is 4.05. The van der Waals surface area contributed by atoms with E-state index in [2.05, 4.69) is 33.5 Å². The monoisotopic (exact) mass is 414 g/mol. The molecule has 1 aromatic heterocycles. The van der Waals surface area contributed by atoms with Gasteiger partial charge in [-0.05, 0) is 37.7 Å². The summed E-state index contributed by atoms with van der Waals surface area (Å²) in [5, 5.41) is 6.69. The number of likely N-dealkylation sites (N-methyl/N-ethyl adjacent to an activating group) is 1. The van der Waals surface area contributed by atoms with Gasteiger partial charge in [0, 0.05) is 31.6 Å². The number of carbonyl (C=O) groups excluding carboxylic acids is 2. The molecule has 6 nitrogen and oxygen atoms in total. The average Bonchev–Trinajstić information content (AvgIpc) is 3.02. The minimum absolute atomic E-state index is 0.0638. The Hall–Kier alpha value is -2.38. The number of benzene rings is 1. The first-order valence-electron chi connectivity index (χ1n) is 9.91. The molecule has 0 bridgehead atoms. The Labute approximate surface area is 176 Å². The highest BCUT2D eigenvalue weighted by atomic mass is 32.1. The number of piperazine rings is 1. The zero-order valence-electron chi connectivity index (χ0n) is 17.8. The number of carbonyl (C=O) groups is 2. The first-order valence-corrected chi connectivity index (χ1v) is 10.7. The SMILES string of the molecule is Cc1cc(NC(=O)C(C)(C)C)sc1C(=O)Nc1ccccc1N1CCN(C)CC1. The largest absolute Gasteiger partial charge is 0.367 e. The molecule has 2 aromatic rings. The number of amides is 2. The highest BCUT2D eigenvalue weighted by Gasteiger charge is 2.24. The number of nitrogens with one attached hydrogen (secondary N) is 2. The fourth-order valence-electron chi connectivity index (χ4n) is 3.15. The zero-order valence-corrected chi connectivity index (χ0v) is 18.7. The minimum atomic E-state index is -0.484. The molecule has 0 saturated carbocycles. The van der Waals surface area contributed by atoms with E-state index in [1.807, 2.05) is 52.0 Å². The summed E-state index contributed by atoms with van der Waals surface area (Å²) >= 11 is 1.31. The normalized spacial score (nSPS) is 15.3. The summed E-state index contributed by atoms with van der Waals surface area (Å²) in [6.45, 7) is 11.4. The van der Waals surface area contributed by atoms with Crippen LogP contribution < -0.4 is 15.5 Å². The molecule has 0 aliphatic carbocycles. The number of aryl methyl sites for hydroxylation is 1. The van der Waals surface area contributed by atoms with Gasteiger partial charge in [-0.25, -0.2) is 0 Å². The fraction of sp³-hybridized carbons (Fsp3) is 0.455. The molecule has 3 rings (SSSR count). The van der Waals surface area contributed by atoms with Gasteiger partial charge in [0.1, 0.15) is 0 Å². The Bertz CT molecular complexity index is 892. The van der Waals surface area contributed by atoms with Gasteiger partial charge in [-0.3, -0.25) is 9.59 Å². The molecule has 1 aromatic carbocycles. The molecule has 156 valence electrons. The second kappa shape index (κ2) is 8.55. The molecule has 7 heteroatoms. The van der Waals surface area contributed by atoms with Gasteiger partial charge in [0.15, 0.2) is 0 Å². The van der Waals surface area contributed by atoms with Gasteiger partial charge in [0.2, 0.25) is 5.91 Å². The highest BCUT2D eigenvalue weighted by Crippen LogP contribution is 2.31. The first kappa shape index (κ1) is 21.3. The van der Waals surface area contributed by atoms with Crippen LogP contribution in [0, 0.1) is 12.3 Å². The van der Waals surface area contributed by atoms with Gasteiger partial charge in [-0.15, -0.1) is 11.3 Å². The van der Waals surface area contributed by atoms with Crippen LogP contribution in [0.15, 0.2) is 30.3 Å². The van der Waals surface area contributed by atoms with Crippen molar-refractivity contribution in [3.8, 4) is 0 Å². The van der Waals surface area contributed by atoms with Gasteiger partial charge in [-0.1, -0.05) is 32.9 Å². The van der Waals surface area contributed by atoms with E-state index in [1.54, 1.807) is 0 Å². The fourth-order valence-corrected chi connectivity index (χ4v) is 4.11. The lowest BCUT2D eigenvalue weighted by Crippen LogP contribution is -2.44. The number of thiophene rings is 1. The third kappa shape index (κ3) is 5.16. The lowest BCUT2D eigenvalue weighted by molar-refractivity contribution is -0.123. The summed E-state index contributed by atoms with van der Waals surface area (Å²) in [6, 6.07) is 9.79. The van der Waals surface area contributed by atoms with Crippen molar-refractivity contribution in [2.24, 2.45) is 5.41 Å². The molecule has 1 saturated heterocycles. The molecule has 0 spiro atoms. The number of hydrogen-bond acceptors (Lipinski definition) is 5. The molecule has 2 heterocycles. The highest BCUT2D eigenvalue weighted by molar-refractivity contribution is 7.18. The summed E-state index contributed by atoms with van der Waals surface area (Å²) in [5.74, 6) is -0.212. The minimum Gasteiger partial charge on any atom is -0.367 e. The van der Waals surface area contributed by atoms with E-state index >= 15 is 0 Å². The average molecular weight is 415 g/mol. The van der Waals surface area contributed by atoms with Gasteiger partial charge in [0.05, 0.1) is 21.3 Å². The van der Waals surface area contributed by atoms with Crippen LogP contribution in [-0.4, -0.2) is 49.9 Å². The Morgan fingerprint density at radius 1 is 1.03 bits per heavy atom. The van der Waals surface area contributed by atoms with Gasteiger partial charge < -0.3 is 20.4 Å². The Morgan fingerprint density at radius 3 is 2.34 bits per heavy atom. The van der Waals surface area contributed by atoms with Gasteiger partial charge in [0.25, 0.3) is 5.91 Å². The smallest absolute Gasteiger partial charge is 0.266 e. The molecule has 1 fully saturated rings. The molecule has 2 N–H and O–H groups in total. The van der Waals surface area contributed by atoms with Crippen molar-refractivity contribution in [2.45, 2.75) is 27.7 Å². The number of para-hydroxylation sites is 2. The van der Waals surface area contributed by atoms with Crippen LogP contribution in [-0.2, 0) is 4.79 Å². The van der Waals surface area contributed by atoms with Crippen molar-refractivity contribution in [3.05, 3.63) is 40.8 Å². The van der Waals surface area contributed by atoms with Crippen molar-refractivity contribution in [1.82, 2.24) is 4.90 Å². The van der Waals surface area contributed by atoms with Crippen molar-refractivity contribution >= 4 is 39.5 Å². The third-order valence-electron chi connectivity index (χ3n) is 5.04. The predicted molar refractivity (Wildman–Crippen MR) is 121 cm³/mol. The molecule has 0 radical (unpaired) electrons. The van der Waals surface area contributed by atoms with E-state index in [1.165, 1.54) is 11.3 Å². The Balaban J connectivity index is 1.75. The second-order valence-corrected chi connectivity index (χ2v) is 9.64. The quantitative estimate of drug-likeness (QED) is 0.792. The summed E-state index contributed by atoms with van der Waals surface area (Å²) in [7, 11) is 2.13. The summed E-state index contributed by atoms with van der Waals surface area (Å²) < 4.78 is 0. The van der Waals surface area contributed by atoms with Crippen LogP contribution in [0.25, 0.3) is 0 Å².